The predicted octanol–water partition coefficient (Wildman–Crippen LogP) is 1.73. The monoisotopic (exact) mass is 306 g/mol. The molecule has 0 unspecified atom stereocenters. The Hall–Kier alpha value is -2.94. The first-order chi connectivity index (χ1) is 9.97. The lowest BCUT2D eigenvalue weighted by molar-refractivity contribution is -0.384. The van der Waals surface area contributed by atoms with Crippen LogP contribution < -0.4 is 11.2 Å². The van der Waals surface area contributed by atoms with Crippen LogP contribution in [0.1, 0.15) is 5.76 Å². The summed E-state index contributed by atoms with van der Waals surface area (Å²) < 4.78 is 5.41. The fourth-order valence-corrected chi connectivity index (χ4v) is 1.61. The van der Waals surface area contributed by atoms with Crippen molar-refractivity contribution in [3.63, 3.8) is 0 Å². The highest BCUT2D eigenvalue weighted by atomic mass is 32.1. The van der Waals surface area contributed by atoms with E-state index in [-0.39, 0.29) is 27.9 Å². The number of nitrogens with one attached hydrogen (secondary N) is 1. The molecule has 0 aliphatic rings. The van der Waals surface area contributed by atoms with E-state index >= 15 is 0 Å². The molecule has 9 heteroatoms. The van der Waals surface area contributed by atoms with Gasteiger partial charge in [0.25, 0.3) is 5.69 Å². The molecule has 0 saturated heterocycles. The first-order valence-corrected chi connectivity index (χ1v) is 6.04. The van der Waals surface area contributed by atoms with Gasteiger partial charge in [0.05, 0.1) is 16.7 Å². The third kappa shape index (κ3) is 3.54. The van der Waals surface area contributed by atoms with Crippen LogP contribution in [-0.2, 0) is 0 Å². The van der Waals surface area contributed by atoms with E-state index in [1.54, 1.807) is 12.1 Å². The number of aromatic hydroxyl groups is 1. The minimum atomic E-state index is -0.555. The van der Waals surface area contributed by atoms with E-state index < -0.39 is 4.92 Å². The van der Waals surface area contributed by atoms with Crippen molar-refractivity contribution in [3.8, 4) is 17.1 Å². The fraction of sp³-hybridized carbons (Fsp3) is 0. The summed E-state index contributed by atoms with van der Waals surface area (Å²) in [5.74, 6) is 0.507. The van der Waals surface area contributed by atoms with Gasteiger partial charge in [0.2, 0.25) is 0 Å². The van der Waals surface area contributed by atoms with E-state index in [2.05, 4.69) is 22.7 Å². The van der Waals surface area contributed by atoms with E-state index in [1.807, 2.05) is 0 Å². The molecule has 0 saturated carbocycles. The van der Waals surface area contributed by atoms with Gasteiger partial charge in [-0.15, -0.1) is 0 Å². The Kier molecular flexibility index (Phi) is 4.14. The summed E-state index contributed by atoms with van der Waals surface area (Å²) in [6.45, 7) is 0. The molecule has 2 aromatic rings. The van der Waals surface area contributed by atoms with Gasteiger partial charge >= 0.3 is 0 Å². The molecular weight excluding hydrogens is 296 g/mol. The van der Waals surface area contributed by atoms with Crippen LogP contribution >= 0.6 is 12.2 Å². The van der Waals surface area contributed by atoms with Crippen molar-refractivity contribution < 1.29 is 14.4 Å². The number of nitro groups is 1. The van der Waals surface area contributed by atoms with Crippen LogP contribution in [0.3, 0.4) is 0 Å². The average molecular weight is 306 g/mol. The highest BCUT2D eigenvalue weighted by Gasteiger charge is 2.14. The number of rotatable bonds is 4. The number of thiocarbonyl (C=S) groups is 1. The summed E-state index contributed by atoms with van der Waals surface area (Å²) in [6.07, 6.45) is 1.33. The van der Waals surface area contributed by atoms with Gasteiger partial charge in [-0.2, -0.15) is 5.10 Å². The Bertz CT molecular complexity index is 726. The maximum atomic E-state index is 10.7. The molecule has 0 spiro atoms. The first-order valence-electron chi connectivity index (χ1n) is 5.63. The lowest BCUT2D eigenvalue weighted by Gasteiger charge is -2.00. The number of hydrazone groups is 1. The largest absolute Gasteiger partial charge is 0.507 e. The molecular formula is C12H10N4O4S. The number of hydrogen-bond donors (Lipinski definition) is 3. The maximum absolute atomic E-state index is 10.7. The van der Waals surface area contributed by atoms with Crippen molar-refractivity contribution in [2.75, 3.05) is 0 Å². The second kappa shape index (κ2) is 6.01. The van der Waals surface area contributed by atoms with Crippen LogP contribution in [-0.4, -0.2) is 21.4 Å². The van der Waals surface area contributed by atoms with Gasteiger partial charge in [-0.3, -0.25) is 15.5 Å². The summed E-state index contributed by atoms with van der Waals surface area (Å²) in [6, 6.07) is 6.80. The van der Waals surface area contributed by atoms with Crippen LogP contribution in [0.15, 0.2) is 39.9 Å². The average Bonchev–Trinajstić information content (AvgIpc) is 2.87. The molecule has 1 heterocycles. The smallest absolute Gasteiger partial charge is 0.270 e. The van der Waals surface area contributed by atoms with Crippen LogP contribution in [0.5, 0.6) is 5.75 Å². The highest BCUT2D eigenvalue weighted by Crippen LogP contribution is 2.33. The van der Waals surface area contributed by atoms with Gasteiger partial charge in [-0.05, 0) is 30.4 Å². The second-order valence-corrected chi connectivity index (χ2v) is 4.33. The zero-order chi connectivity index (χ0) is 15.4. The topological polar surface area (TPSA) is 127 Å². The number of phenolic OH excluding ortho intramolecular Hbond substituents is 1. The van der Waals surface area contributed by atoms with Gasteiger partial charge < -0.3 is 15.3 Å². The minimum Gasteiger partial charge on any atom is -0.507 e. The van der Waals surface area contributed by atoms with E-state index in [0.717, 1.165) is 0 Å². The van der Waals surface area contributed by atoms with E-state index in [1.165, 1.54) is 24.4 Å². The normalized spacial score (nSPS) is 10.7. The first kappa shape index (κ1) is 14.5. The molecule has 0 radical (unpaired) electrons. The molecule has 0 aliphatic carbocycles. The lowest BCUT2D eigenvalue weighted by Crippen LogP contribution is -2.23. The molecule has 0 bridgehead atoms. The number of phenols is 1. The Morgan fingerprint density at radius 2 is 2.24 bits per heavy atom. The van der Waals surface area contributed by atoms with Gasteiger partial charge in [-0.1, -0.05) is 0 Å². The molecule has 2 rings (SSSR count). The number of nitrogens with two attached hydrogens (primary N) is 1. The third-order valence-electron chi connectivity index (χ3n) is 2.45. The predicted molar refractivity (Wildman–Crippen MR) is 80.0 cm³/mol. The number of benzene rings is 1. The highest BCUT2D eigenvalue weighted by molar-refractivity contribution is 7.80. The van der Waals surface area contributed by atoms with Gasteiger partial charge in [0, 0.05) is 12.1 Å². The summed E-state index contributed by atoms with van der Waals surface area (Å²) >= 11 is 4.57. The lowest BCUT2D eigenvalue weighted by atomic mass is 10.1. The zero-order valence-corrected chi connectivity index (χ0v) is 11.3. The summed E-state index contributed by atoms with van der Waals surface area (Å²) in [5, 5.41) is 24.2. The molecule has 0 amide bonds. The summed E-state index contributed by atoms with van der Waals surface area (Å²) in [7, 11) is 0. The second-order valence-electron chi connectivity index (χ2n) is 3.89. The molecule has 8 nitrogen and oxygen atoms in total. The SMILES string of the molecule is NC(=S)NN=Cc1ccc(-c2cc([N+](=O)[O-])ccc2O)o1. The molecule has 0 aliphatic heterocycles. The van der Waals surface area contributed by atoms with Crippen molar-refractivity contribution in [1.82, 2.24) is 5.43 Å². The molecule has 0 fully saturated rings. The quantitative estimate of drug-likeness (QED) is 0.339. The number of non-ortho nitro benzene ring substituents is 1. The number of nitrogens with zero attached hydrogens (tertiary/aromatic N) is 2. The molecule has 1 aromatic carbocycles. The molecule has 4 N–H and O–H groups in total. The third-order valence-corrected chi connectivity index (χ3v) is 2.54. The van der Waals surface area contributed by atoms with Crippen molar-refractivity contribution in [1.29, 1.82) is 0 Å². The maximum Gasteiger partial charge on any atom is 0.270 e. The van der Waals surface area contributed by atoms with Crippen LogP contribution in [0.25, 0.3) is 11.3 Å². The molecule has 21 heavy (non-hydrogen) atoms. The van der Waals surface area contributed by atoms with E-state index in [9.17, 15) is 15.2 Å². The Morgan fingerprint density at radius 1 is 1.48 bits per heavy atom. The van der Waals surface area contributed by atoms with Gasteiger partial charge in [0.15, 0.2) is 5.11 Å². The van der Waals surface area contributed by atoms with Crippen LogP contribution in [0.4, 0.5) is 5.69 Å². The Labute approximate surface area is 124 Å². The van der Waals surface area contributed by atoms with Crippen molar-refractivity contribution >= 4 is 29.2 Å². The fourth-order valence-electron chi connectivity index (χ4n) is 1.56. The van der Waals surface area contributed by atoms with Gasteiger partial charge in [0.1, 0.15) is 17.3 Å². The molecule has 1 aromatic heterocycles. The van der Waals surface area contributed by atoms with Crippen molar-refractivity contribution in [2.24, 2.45) is 10.8 Å². The van der Waals surface area contributed by atoms with Crippen molar-refractivity contribution in [2.45, 2.75) is 0 Å². The number of furan rings is 1. The van der Waals surface area contributed by atoms with Crippen molar-refractivity contribution in [3.05, 3.63) is 46.2 Å². The Balaban J connectivity index is 2.29. The van der Waals surface area contributed by atoms with Crippen LogP contribution in [0.2, 0.25) is 0 Å². The minimum absolute atomic E-state index is 0.00867. The van der Waals surface area contributed by atoms with Crippen LogP contribution in [0, 0.1) is 10.1 Å². The molecule has 0 atom stereocenters. The van der Waals surface area contributed by atoms with Gasteiger partial charge in [-0.25, -0.2) is 0 Å². The number of nitro benzene ring substituents is 1. The Morgan fingerprint density at radius 3 is 2.90 bits per heavy atom. The summed E-state index contributed by atoms with van der Waals surface area (Å²) in [4.78, 5) is 10.2. The number of hydrogen-bond acceptors (Lipinski definition) is 6. The summed E-state index contributed by atoms with van der Waals surface area (Å²) in [5.41, 5.74) is 7.62. The standard InChI is InChI=1S/C12H10N4O4S/c13-12(21)15-14-6-8-2-4-11(20-8)9-5-7(16(18)19)1-3-10(9)17/h1-6,17H,(H3,13,15,21). The van der Waals surface area contributed by atoms with E-state index in [4.69, 9.17) is 10.2 Å². The molecule has 108 valence electrons. The van der Waals surface area contributed by atoms with E-state index in [0.29, 0.717) is 5.76 Å². The zero-order valence-electron chi connectivity index (χ0n) is 10.5.